The van der Waals surface area contributed by atoms with E-state index in [4.69, 9.17) is 4.74 Å². The lowest BCUT2D eigenvalue weighted by Crippen LogP contribution is -2.36. The highest BCUT2D eigenvalue weighted by Crippen LogP contribution is 2.41. The number of halogens is 3. The lowest BCUT2D eigenvalue weighted by molar-refractivity contribution is -0.137. The molecule has 5 nitrogen and oxygen atoms in total. The highest BCUT2D eigenvalue weighted by molar-refractivity contribution is 5.87. The van der Waals surface area contributed by atoms with E-state index < -0.39 is 11.7 Å². The van der Waals surface area contributed by atoms with Gasteiger partial charge in [0.15, 0.2) is 0 Å². The van der Waals surface area contributed by atoms with Gasteiger partial charge < -0.3 is 10.1 Å². The van der Waals surface area contributed by atoms with Crippen molar-refractivity contribution in [2.45, 2.75) is 12.2 Å². The number of nitrogens with zero attached hydrogens (tertiary/aromatic N) is 1. The number of ether oxygens (including phenoxy) is 1. The molecule has 8 heteroatoms. The number of alkyl halides is 3. The molecule has 0 fully saturated rings. The minimum absolute atomic E-state index is 0.254. The highest BCUT2D eigenvalue weighted by atomic mass is 19.4. The predicted molar refractivity (Wildman–Crippen MR) is 116 cm³/mol. The molecule has 4 rings (SSSR count). The van der Waals surface area contributed by atoms with Crippen molar-refractivity contribution in [1.29, 1.82) is 0 Å². The molecule has 0 saturated heterocycles. The molecule has 0 radical (unpaired) electrons. The number of benzene rings is 3. The van der Waals surface area contributed by atoms with Crippen LogP contribution in [0.3, 0.4) is 0 Å². The molecule has 3 aromatic carbocycles. The fourth-order valence-electron chi connectivity index (χ4n) is 3.44. The van der Waals surface area contributed by atoms with E-state index in [-0.39, 0.29) is 18.5 Å². The van der Waals surface area contributed by atoms with Crippen molar-refractivity contribution in [1.82, 2.24) is 10.7 Å². The van der Waals surface area contributed by atoms with Gasteiger partial charge in [0.1, 0.15) is 11.5 Å². The summed E-state index contributed by atoms with van der Waals surface area (Å²) in [7, 11) is 0. The molecule has 1 amide bonds. The summed E-state index contributed by atoms with van der Waals surface area (Å²) in [4.78, 5) is 11.7. The molecular formula is C24H20F3N3O2. The first-order valence-corrected chi connectivity index (χ1v) is 9.86. The van der Waals surface area contributed by atoms with Crippen LogP contribution in [0.25, 0.3) is 0 Å². The molecular weight excluding hydrogens is 419 g/mol. The Morgan fingerprint density at radius 1 is 1.06 bits per heavy atom. The van der Waals surface area contributed by atoms with Crippen molar-refractivity contribution in [3.05, 3.63) is 96.6 Å². The summed E-state index contributed by atoms with van der Waals surface area (Å²) in [6.07, 6.45) is -3.23. The molecule has 0 aromatic heterocycles. The minimum Gasteiger partial charge on any atom is -0.457 e. The zero-order valence-corrected chi connectivity index (χ0v) is 16.9. The Kier molecular flexibility index (Phi) is 5.87. The molecule has 32 heavy (non-hydrogen) atoms. The Balaban J connectivity index is 1.64. The number of carbonyl (C=O) groups excluding carboxylic acids is 1. The summed E-state index contributed by atoms with van der Waals surface area (Å²) in [6.45, 7) is 3.70. The van der Waals surface area contributed by atoms with Gasteiger partial charge in [-0.25, -0.2) is 5.43 Å². The van der Waals surface area contributed by atoms with Crippen molar-refractivity contribution in [3.63, 3.8) is 0 Å². The van der Waals surface area contributed by atoms with Gasteiger partial charge in [0.2, 0.25) is 5.91 Å². The van der Waals surface area contributed by atoms with Gasteiger partial charge in [-0.15, -0.1) is 0 Å². The molecule has 1 aliphatic rings. The fourth-order valence-corrected chi connectivity index (χ4v) is 3.44. The van der Waals surface area contributed by atoms with Gasteiger partial charge in [-0.05, 0) is 60.7 Å². The molecule has 3 aromatic rings. The van der Waals surface area contributed by atoms with Gasteiger partial charge in [0.25, 0.3) is 0 Å². The van der Waals surface area contributed by atoms with E-state index in [0.29, 0.717) is 17.2 Å². The summed E-state index contributed by atoms with van der Waals surface area (Å²) < 4.78 is 44.7. The average molecular weight is 439 g/mol. The predicted octanol–water partition coefficient (Wildman–Crippen LogP) is 5.50. The lowest BCUT2D eigenvalue weighted by atomic mass is 10.1. The zero-order chi connectivity index (χ0) is 22.7. The Morgan fingerprint density at radius 2 is 1.78 bits per heavy atom. The molecule has 1 atom stereocenters. The second-order valence-corrected chi connectivity index (χ2v) is 7.15. The van der Waals surface area contributed by atoms with Crippen LogP contribution in [0.4, 0.5) is 24.5 Å². The monoisotopic (exact) mass is 439 g/mol. The number of hydrogen-bond acceptors (Lipinski definition) is 4. The molecule has 2 N–H and O–H groups in total. The number of rotatable bonds is 6. The molecule has 1 unspecified atom stereocenters. The van der Waals surface area contributed by atoms with E-state index in [1.807, 2.05) is 42.5 Å². The molecule has 0 aliphatic carbocycles. The molecule has 0 saturated carbocycles. The van der Waals surface area contributed by atoms with Crippen LogP contribution >= 0.6 is 0 Å². The Hall–Kier alpha value is -3.78. The maximum atomic E-state index is 12.9. The summed E-state index contributed by atoms with van der Waals surface area (Å²) in [6, 6.07) is 19.3. The first kappa shape index (κ1) is 21.5. The summed E-state index contributed by atoms with van der Waals surface area (Å²) in [5, 5.41) is 4.45. The second kappa shape index (κ2) is 8.76. The van der Waals surface area contributed by atoms with Crippen molar-refractivity contribution in [2.24, 2.45) is 0 Å². The Bertz CT molecular complexity index is 1120. The van der Waals surface area contributed by atoms with Crippen LogP contribution in [0.5, 0.6) is 11.5 Å². The quantitative estimate of drug-likeness (QED) is 0.498. The van der Waals surface area contributed by atoms with Crippen molar-refractivity contribution in [3.8, 4) is 11.5 Å². The maximum Gasteiger partial charge on any atom is 0.416 e. The van der Waals surface area contributed by atoms with Crippen LogP contribution in [0, 0.1) is 0 Å². The van der Waals surface area contributed by atoms with E-state index in [1.165, 1.54) is 18.2 Å². The largest absolute Gasteiger partial charge is 0.457 e. The van der Waals surface area contributed by atoms with Crippen molar-refractivity contribution in [2.75, 3.05) is 11.6 Å². The standard InChI is InChI=1S/C24H20F3N3O2/c1-2-23(31)28-15-21-20-14-19(32-18-6-4-3-5-7-18)12-13-22(20)30(29-21)17-10-8-16(9-11-17)24(25,26)27/h2-14,21,29H,1,15H2,(H,28,31). The van der Waals surface area contributed by atoms with Gasteiger partial charge in [-0.3, -0.25) is 9.80 Å². The lowest BCUT2D eigenvalue weighted by Gasteiger charge is -2.21. The van der Waals surface area contributed by atoms with Crippen molar-refractivity contribution >= 4 is 17.3 Å². The van der Waals surface area contributed by atoms with Gasteiger partial charge in [-0.1, -0.05) is 24.8 Å². The number of hydrogen-bond donors (Lipinski definition) is 2. The molecule has 1 aliphatic heterocycles. The number of anilines is 2. The molecule has 0 bridgehead atoms. The van der Waals surface area contributed by atoms with E-state index in [1.54, 1.807) is 11.1 Å². The highest BCUT2D eigenvalue weighted by Gasteiger charge is 2.32. The van der Waals surface area contributed by atoms with Gasteiger partial charge in [-0.2, -0.15) is 13.2 Å². The fraction of sp³-hybridized carbons (Fsp3) is 0.125. The molecule has 164 valence electrons. The van der Waals surface area contributed by atoms with Crippen LogP contribution in [-0.2, 0) is 11.0 Å². The topological polar surface area (TPSA) is 53.6 Å². The van der Waals surface area contributed by atoms with E-state index >= 15 is 0 Å². The summed E-state index contributed by atoms with van der Waals surface area (Å²) in [5.41, 5.74) is 4.65. The third kappa shape index (κ3) is 4.60. The zero-order valence-electron chi connectivity index (χ0n) is 16.9. The number of para-hydroxylation sites is 1. The van der Waals surface area contributed by atoms with Crippen LogP contribution < -0.4 is 20.5 Å². The second-order valence-electron chi connectivity index (χ2n) is 7.15. The number of amides is 1. The summed E-state index contributed by atoms with van der Waals surface area (Å²) in [5.74, 6) is 0.957. The first-order chi connectivity index (χ1) is 15.3. The minimum atomic E-state index is -4.41. The number of fused-ring (bicyclic) bond motifs is 1. The SMILES string of the molecule is C=CC(=O)NCC1NN(c2ccc(C(F)(F)F)cc2)c2ccc(Oc3ccccc3)cc21. The van der Waals surface area contributed by atoms with Gasteiger partial charge in [0.05, 0.1) is 23.0 Å². The van der Waals surface area contributed by atoms with E-state index in [9.17, 15) is 18.0 Å². The normalized spacial score (nSPS) is 15.2. The Morgan fingerprint density at radius 3 is 2.44 bits per heavy atom. The number of nitrogens with one attached hydrogen (secondary N) is 2. The van der Waals surface area contributed by atoms with Crippen LogP contribution in [0.15, 0.2) is 85.5 Å². The van der Waals surface area contributed by atoms with Crippen LogP contribution in [0.1, 0.15) is 17.2 Å². The number of hydrazine groups is 1. The smallest absolute Gasteiger partial charge is 0.416 e. The molecule has 0 spiro atoms. The average Bonchev–Trinajstić information content (AvgIpc) is 3.15. The number of carbonyl (C=O) groups is 1. The van der Waals surface area contributed by atoms with E-state index in [0.717, 1.165) is 23.4 Å². The van der Waals surface area contributed by atoms with E-state index in [2.05, 4.69) is 17.3 Å². The van der Waals surface area contributed by atoms with Crippen molar-refractivity contribution < 1.29 is 22.7 Å². The van der Waals surface area contributed by atoms with Crippen LogP contribution in [0.2, 0.25) is 0 Å². The maximum absolute atomic E-state index is 12.9. The Labute approximate surface area is 183 Å². The first-order valence-electron chi connectivity index (χ1n) is 9.86. The van der Waals surface area contributed by atoms with Gasteiger partial charge in [0, 0.05) is 12.1 Å². The summed E-state index contributed by atoms with van der Waals surface area (Å²) >= 11 is 0. The van der Waals surface area contributed by atoms with Gasteiger partial charge >= 0.3 is 6.18 Å². The third-order valence-corrected chi connectivity index (χ3v) is 5.00. The third-order valence-electron chi connectivity index (χ3n) is 5.00. The van der Waals surface area contributed by atoms with Crippen LogP contribution in [-0.4, -0.2) is 12.5 Å². The molecule has 1 heterocycles.